The summed E-state index contributed by atoms with van der Waals surface area (Å²) >= 11 is 0. The summed E-state index contributed by atoms with van der Waals surface area (Å²) in [5, 5.41) is 0. The van der Waals surface area contributed by atoms with Gasteiger partial charge < -0.3 is 10.6 Å². The number of urea groups is 1. The first-order chi connectivity index (χ1) is 14.8. The molecule has 0 bridgehead atoms. The number of aromatic nitrogens is 1. The zero-order valence-corrected chi connectivity index (χ0v) is 16.9. The number of hydrogen-bond acceptors (Lipinski definition) is 2. The van der Waals surface area contributed by atoms with Gasteiger partial charge in [-0.25, -0.2) is 4.79 Å². The number of fused-ring (bicyclic) bond motifs is 1. The molecule has 2 heterocycles. The van der Waals surface area contributed by atoms with Crippen molar-refractivity contribution in [2.45, 2.75) is 31.5 Å². The molecule has 1 aliphatic rings. The molecule has 4 rings (SSSR count). The first kappa shape index (κ1) is 20.9. The van der Waals surface area contributed by atoms with Gasteiger partial charge in [-0.3, -0.25) is 4.98 Å². The van der Waals surface area contributed by atoms with E-state index in [-0.39, 0.29) is 5.92 Å². The van der Waals surface area contributed by atoms with E-state index in [2.05, 4.69) is 0 Å². The van der Waals surface area contributed by atoms with E-state index in [0.717, 1.165) is 29.0 Å². The van der Waals surface area contributed by atoms with Crippen molar-refractivity contribution in [3.63, 3.8) is 0 Å². The Morgan fingerprint density at radius 2 is 1.74 bits per heavy atom. The van der Waals surface area contributed by atoms with Crippen LogP contribution in [0.25, 0.3) is 0 Å². The van der Waals surface area contributed by atoms with Gasteiger partial charge in [-0.1, -0.05) is 55.5 Å². The third-order valence-corrected chi connectivity index (χ3v) is 5.81. The summed E-state index contributed by atoms with van der Waals surface area (Å²) in [7, 11) is 0. The molecule has 1 aliphatic heterocycles. The van der Waals surface area contributed by atoms with Crippen LogP contribution in [0.4, 0.5) is 18.0 Å². The van der Waals surface area contributed by atoms with E-state index < -0.39 is 23.8 Å². The second kappa shape index (κ2) is 8.06. The van der Waals surface area contributed by atoms with E-state index in [1.807, 2.05) is 49.4 Å². The third-order valence-electron chi connectivity index (χ3n) is 5.81. The standard InChI is InChI=1S/C24H22F3N3O/c1-15(16-5-3-2-4-6-16)20-12-9-17-13-14-30(23(28)31)22(21(17)29-20)18-7-10-19(11-8-18)24(25,26)27/h2-12,15,22H,13-14H2,1H3,(H2,28,31)/t15-,22?/m1/s1. The number of nitrogens with two attached hydrogens (primary N) is 1. The maximum atomic E-state index is 13.0. The highest BCUT2D eigenvalue weighted by molar-refractivity contribution is 5.73. The topological polar surface area (TPSA) is 59.2 Å². The Morgan fingerprint density at radius 1 is 1.06 bits per heavy atom. The lowest BCUT2D eigenvalue weighted by molar-refractivity contribution is -0.137. The smallest absolute Gasteiger partial charge is 0.351 e. The van der Waals surface area contributed by atoms with Gasteiger partial charge in [0.05, 0.1) is 11.3 Å². The molecule has 0 spiro atoms. The van der Waals surface area contributed by atoms with Crippen LogP contribution in [0.1, 0.15) is 52.5 Å². The van der Waals surface area contributed by atoms with E-state index in [4.69, 9.17) is 10.7 Å². The number of halogens is 3. The zero-order valence-electron chi connectivity index (χ0n) is 16.9. The Hall–Kier alpha value is -3.35. The Balaban J connectivity index is 1.78. The van der Waals surface area contributed by atoms with Crippen LogP contribution in [0.2, 0.25) is 0 Å². The number of hydrogen-bond donors (Lipinski definition) is 1. The molecular weight excluding hydrogens is 403 g/mol. The van der Waals surface area contributed by atoms with Gasteiger partial charge in [-0.2, -0.15) is 13.2 Å². The number of alkyl halides is 3. The largest absolute Gasteiger partial charge is 0.416 e. The Morgan fingerprint density at radius 3 is 2.35 bits per heavy atom. The highest BCUT2D eigenvalue weighted by atomic mass is 19.4. The second-order valence-electron chi connectivity index (χ2n) is 7.72. The van der Waals surface area contributed by atoms with Crippen LogP contribution >= 0.6 is 0 Å². The molecule has 1 unspecified atom stereocenters. The number of rotatable bonds is 3. The summed E-state index contributed by atoms with van der Waals surface area (Å²) in [6.07, 6.45) is -3.84. The van der Waals surface area contributed by atoms with Crippen LogP contribution in [0.3, 0.4) is 0 Å². The van der Waals surface area contributed by atoms with Crippen molar-refractivity contribution in [2.75, 3.05) is 6.54 Å². The van der Waals surface area contributed by atoms with Crippen molar-refractivity contribution in [3.05, 3.63) is 100 Å². The van der Waals surface area contributed by atoms with Crippen LogP contribution in [0.5, 0.6) is 0 Å². The van der Waals surface area contributed by atoms with Crippen molar-refractivity contribution >= 4 is 6.03 Å². The van der Waals surface area contributed by atoms with Gasteiger partial charge in [0.1, 0.15) is 6.04 Å². The normalized spacial score (nSPS) is 17.2. The van der Waals surface area contributed by atoms with Crippen LogP contribution in [-0.4, -0.2) is 22.5 Å². The van der Waals surface area contributed by atoms with Gasteiger partial charge in [-0.15, -0.1) is 0 Å². The number of carbonyl (C=O) groups excluding carboxylic acids is 1. The number of benzene rings is 2. The fraction of sp³-hybridized carbons (Fsp3) is 0.250. The maximum absolute atomic E-state index is 13.0. The lowest BCUT2D eigenvalue weighted by atomic mass is 9.90. The first-order valence-corrected chi connectivity index (χ1v) is 10.0. The quantitative estimate of drug-likeness (QED) is 0.621. The van der Waals surface area contributed by atoms with Crippen molar-refractivity contribution in [1.82, 2.24) is 9.88 Å². The van der Waals surface area contributed by atoms with E-state index in [1.54, 1.807) is 0 Å². The molecule has 0 saturated heterocycles. The first-order valence-electron chi connectivity index (χ1n) is 10.0. The minimum Gasteiger partial charge on any atom is -0.351 e. The summed E-state index contributed by atoms with van der Waals surface area (Å²) in [5.74, 6) is 0.0173. The minimum absolute atomic E-state index is 0.0173. The van der Waals surface area contributed by atoms with Crippen LogP contribution in [-0.2, 0) is 12.6 Å². The second-order valence-corrected chi connectivity index (χ2v) is 7.72. The third kappa shape index (κ3) is 4.13. The molecule has 1 aromatic heterocycles. The van der Waals surface area contributed by atoms with Gasteiger partial charge in [0.15, 0.2) is 0 Å². The minimum atomic E-state index is -4.43. The summed E-state index contributed by atoms with van der Waals surface area (Å²) < 4.78 is 39.0. The Kier molecular flexibility index (Phi) is 5.43. The fourth-order valence-electron chi connectivity index (χ4n) is 4.07. The highest BCUT2D eigenvalue weighted by Crippen LogP contribution is 2.37. The maximum Gasteiger partial charge on any atom is 0.416 e. The Labute approximate surface area is 178 Å². The molecule has 0 aliphatic carbocycles. The molecule has 2 aromatic carbocycles. The predicted molar refractivity (Wildman–Crippen MR) is 111 cm³/mol. The van der Waals surface area contributed by atoms with E-state index >= 15 is 0 Å². The summed E-state index contributed by atoms with van der Waals surface area (Å²) in [5.41, 5.74) is 8.98. The van der Waals surface area contributed by atoms with E-state index in [0.29, 0.717) is 24.2 Å². The fourth-order valence-corrected chi connectivity index (χ4v) is 4.07. The molecule has 0 saturated carbocycles. The van der Waals surface area contributed by atoms with Crippen LogP contribution < -0.4 is 5.73 Å². The molecule has 0 fully saturated rings. The van der Waals surface area contributed by atoms with Gasteiger partial charge in [0.25, 0.3) is 0 Å². The van der Waals surface area contributed by atoms with E-state index in [9.17, 15) is 18.0 Å². The van der Waals surface area contributed by atoms with Crippen molar-refractivity contribution in [2.24, 2.45) is 5.73 Å². The molecule has 7 heteroatoms. The number of pyridine rings is 1. The average Bonchev–Trinajstić information content (AvgIpc) is 2.77. The highest BCUT2D eigenvalue weighted by Gasteiger charge is 2.34. The number of nitrogens with zero attached hydrogens (tertiary/aromatic N) is 2. The number of primary amides is 1. The van der Waals surface area contributed by atoms with E-state index in [1.165, 1.54) is 17.0 Å². The molecule has 2 N–H and O–H groups in total. The van der Waals surface area contributed by atoms with Crippen LogP contribution in [0.15, 0.2) is 66.7 Å². The molecular formula is C24H22F3N3O. The molecule has 2 amide bonds. The molecule has 4 nitrogen and oxygen atoms in total. The lowest BCUT2D eigenvalue weighted by Gasteiger charge is -2.36. The van der Waals surface area contributed by atoms with Crippen LogP contribution in [0, 0.1) is 0 Å². The molecule has 0 radical (unpaired) electrons. The van der Waals surface area contributed by atoms with Crippen molar-refractivity contribution in [3.8, 4) is 0 Å². The molecule has 160 valence electrons. The lowest BCUT2D eigenvalue weighted by Crippen LogP contribution is -2.44. The average molecular weight is 425 g/mol. The number of amides is 2. The zero-order chi connectivity index (χ0) is 22.2. The summed E-state index contributed by atoms with van der Waals surface area (Å²) in [6.45, 7) is 2.43. The van der Waals surface area contributed by atoms with Gasteiger partial charge >= 0.3 is 12.2 Å². The predicted octanol–water partition coefficient (Wildman–Crippen LogP) is 5.28. The van der Waals surface area contributed by atoms with Gasteiger partial charge in [0.2, 0.25) is 0 Å². The SMILES string of the molecule is C[C@H](c1ccccc1)c1ccc2c(n1)C(c1ccc(C(F)(F)F)cc1)N(C(N)=O)CC2. The monoisotopic (exact) mass is 425 g/mol. The van der Waals surface area contributed by atoms with Gasteiger partial charge in [0, 0.05) is 18.2 Å². The molecule has 3 aromatic rings. The molecule has 31 heavy (non-hydrogen) atoms. The number of carbonyl (C=O) groups is 1. The Bertz CT molecular complexity index is 1080. The van der Waals surface area contributed by atoms with Crippen molar-refractivity contribution in [1.29, 1.82) is 0 Å². The molecule has 2 atom stereocenters. The van der Waals surface area contributed by atoms with Gasteiger partial charge in [-0.05, 0) is 41.3 Å². The summed E-state index contributed by atoms with van der Waals surface area (Å²) in [4.78, 5) is 18.5. The van der Waals surface area contributed by atoms with Crippen molar-refractivity contribution < 1.29 is 18.0 Å². The summed E-state index contributed by atoms with van der Waals surface area (Å²) in [6, 6.07) is 17.5.